The van der Waals surface area contributed by atoms with Crippen LogP contribution in [-0.2, 0) is 66.6 Å². The lowest BCUT2D eigenvalue weighted by Crippen LogP contribution is -2.61. The fourth-order valence-electron chi connectivity index (χ4n) is 12.0. The van der Waals surface area contributed by atoms with Crippen LogP contribution in [0, 0.1) is 35.5 Å². The molecule has 4 fully saturated rings. The molecule has 0 radical (unpaired) electrons. The summed E-state index contributed by atoms with van der Waals surface area (Å²) < 4.78 is 52.4. The predicted molar refractivity (Wildman–Crippen MR) is 295 cm³/mol. The van der Waals surface area contributed by atoms with Gasteiger partial charge in [0.15, 0.2) is 18.0 Å². The average molecular weight is 1160 g/mol. The van der Waals surface area contributed by atoms with Crippen molar-refractivity contribution in [2.24, 2.45) is 35.5 Å². The van der Waals surface area contributed by atoms with Gasteiger partial charge in [-0.15, -0.1) is 0 Å². The van der Waals surface area contributed by atoms with Gasteiger partial charge in [-0.1, -0.05) is 71.1 Å². The Kier molecular flexibility index (Phi) is 27.0. The molecule has 1 amide bonds. The molecule has 5 rings (SSSR count). The minimum absolute atomic E-state index is 0.0128. The zero-order chi connectivity index (χ0) is 60.6. The van der Waals surface area contributed by atoms with Gasteiger partial charge in [0, 0.05) is 58.5 Å². The molecule has 3 saturated heterocycles. The third-order valence-electron chi connectivity index (χ3n) is 17.1. The molecule has 22 heteroatoms. The lowest BCUT2D eigenvalue weighted by atomic mass is 9.78. The van der Waals surface area contributed by atoms with E-state index in [9.17, 15) is 59.4 Å². The Morgan fingerprint density at radius 1 is 0.805 bits per heavy atom. The minimum Gasteiger partial charge on any atom is -0.460 e. The number of ether oxygens (including phenoxy) is 9. The van der Waals surface area contributed by atoms with Gasteiger partial charge in [-0.25, -0.2) is 9.59 Å². The molecule has 82 heavy (non-hydrogen) atoms. The number of esters is 1. The van der Waals surface area contributed by atoms with Crippen LogP contribution in [0.15, 0.2) is 47.6 Å². The maximum Gasteiger partial charge on any atom is 0.511 e. The molecule has 5 aliphatic rings. The molecule has 1 aliphatic carbocycles. The number of Topliss-reactive ketones (excluding diaryl/α,β-unsaturated/α-hetero) is 3. The zero-order valence-corrected chi connectivity index (χ0v) is 49.5. The van der Waals surface area contributed by atoms with Crippen LogP contribution < -0.4 is 0 Å². The molecule has 6 N–H and O–H groups in total. The largest absolute Gasteiger partial charge is 0.511 e. The SMILES string of the molecule is CO[C@H]1C[C@@H]2CC[C@@H](C)[C@@](O)(O2)C(=O)C(=O)N2CCCCC2C(=O)O[C@H]([C@H](C)CC2CC[C@@H](OCCO)[C@H](OC)C2)CC(=O)[C@H](C)/C=C(\C)[C@@H](OC(=O)OC2O[C@@H](CO)[C@H](O)[C@H](O)[C@@H]2O)[C@@H](OC)C(=O)[C@H](C)C[C@H](C)\C=C/C=C/C=C/1C. The fourth-order valence-corrected chi connectivity index (χ4v) is 12.0. The van der Waals surface area contributed by atoms with Crippen molar-refractivity contribution in [3.8, 4) is 0 Å². The third kappa shape index (κ3) is 17.9. The van der Waals surface area contributed by atoms with E-state index in [1.165, 1.54) is 20.1 Å². The molecular weight excluding hydrogens is 1070 g/mol. The van der Waals surface area contributed by atoms with Crippen LogP contribution >= 0.6 is 0 Å². The number of aliphatic hydroxyl groups is 6. The average Bonchev–Trinajstić information content (AvgIpc) is 3.06. The van der Waals surface area contributed by atoms with Crippen LogP contribution in [0.5, 0.6) is 0 Å². The van der Waals surface area contributed by atoms with Crippen molar-refractivity contribution >= 4 is 35.4 Å². The molecular formula is C60H93NO21. The van der Waals surface area contributed by atoms with Crippen molar-refractivity contribution < 1.29 is 102 Å². The summed E-state index contributed by atoms with van der Waals surface area (Å²) in [6, 6.07) is -1.25. The molecule has 0 aromatic carbocycles. The van der Waals surface area contributed by atoms with Crippen molar-refractivity contribution in [2.45, 2.75) is 211 Å². The summed E-state index contributed by atoms with van der Waals surface area (Å²) in [5.74, 6) is -9.59. The lowest BCUT2D eigenvalue weighted by Gasteiger charge is -2.42. The van der Waals surface area contributed by atoms with Crippen molar-refractivity contribution in [2.75, 3.05) is 47.7 Å². The van der Waals surface area contributed by atoms with Gasteiger partial charge in [0.2, 0.25) is 12.1 Å². The number of piperidine rings is 1. The van der Waals surface area contributed by atoms with E-state index < -0.39 is 139 Å². The van der Waals surface area contributed by atoms with Crippen molar-refractivity contribution in [3.05, 3.63) is 47.6 Å². The number of hydrogen-bond donors (Lipinski definition) is 6. The number of carbonyl (C=O) groups excluding carboxylic acids is 6. The summed E-state index contributed by atoms with van der Waals surface area (Å²) in [6.45, 7) is 11.3. The number of methoxy groups -OCH3 is 3. The first kappa shape index (κ1) is 68.5. The Morgan fingerprint density at radius 3 is 2.21 bits per heavy atom. The number of fused-ring (bicyclic) bond motifs is 3. The zero-order valence-electron chi connectivity index (χ0n) is 49.5. The van der Waals surface area contributed by atoms with E-state index in [2.05, 4.69) is 0 Å². The predicted octanol–water partition coefficient (Wildman–Crippen LogP) is 4.16. The maximum atomic E-state index is 14.7. The number of allylic oxidation sites excluding steroid dienone is 6. The van der Waals surface area contributed by atoms with Gasteiger partial charge in [0.05, 0.1) is 44.2 Å². The van der Waals surface area contributed by atoms with E-state index in [4.69, 9.17) is 42.6 Å². The van der Waals surface area contributed by atoms with Gasteiger partial charge in [0.1, 0.15) is 42.3 Å². The third-order valence-corrected chi connectivity index (χ3v) is 17.1. The Hall–Kier alpha value is -4.30. The Labute approximate surface area is 482 Å². The Balaban J connectivity index is 1.54. The summed E-state index contributed by atoms with van der Waals surface area (Å²) in [6.07, 6.45) is -1.01. The Morgan fingerprint density at radius 2 is 1.54 bits per heavy atom. The first-order chi connectivity index (χ1) is 38.9. The molecule has 22 nitrogen and oxygen atoms in total. The lowest BCUT2D eigenvalue weighted by molar-refractivity contribution is -0.289. The number of hydrogen-bond acceptors (Lipinski definition) is 21. The highest BCUT2D eigenvalue weighted by molar-refractivity contribution is 6.39. The number of aliphatic hydroxyl groups excluding tert-OH is 5. The van der Waals surface area contributed by atoms with Crippen molar-refractivity contribution in [3.63, 3.8) is 0 Å². The van der Waals surface area contributed by atoms with Gasteiger partial charge >= 0.3 is 12.1 Å². The molecule has 20 atom stereocenters. The van der Waals surface area contributed by atoms with Crippen LogP contribution in [0.1, 0.15) is 126 Å². The van der Waals surface area contributed by atoms with Gasteiger partial charge in [0.25, 0.3) is 11.7 Å². The number of cyclic esters (lactones) is 1. The second-order valence-electron chi connectivity index (χ2n) is 23.3. The Bertz CT molecular complexity index is 2250. The van der Waals surface area contributed by atoms with Crippen LogP contribution in [0.25, 0.3) is 0 Å². The minimum atomic E-state index is -2.50. The summed E-state index contributed by atoms with van der Waals surface area (Å²) in [5.41, 5.74) is 0.979. The van der Waals surface area contributed by atoms with Gasteiger partial charge < -0.3 is 78.2 Å². The highest BCUT2D eigenvalue weighted by Crippen LogP contribution is 2.38. The number of ketones is 3. The number of amides is 1. The monoisotopic (exact) mass is 1160 g/mol. The van der Waals surface area contributed by atoms with Crippen molar-refractivity contribution in [1.82, 2.24) is 4.90 Å². The van der Waals surface area contributed by atoms with E-state index in [-0.39, 0.29) is 68.6 Å². The summed E-state index contributed by atoms with van der Waals surface area (Å²) in [7, 11) is 4.38. The smallest absolute Gasteiger partial charge is 0.460 e. The highest BCUT2D eigenvalue weighted by atomic mass is 16.8. The number of nitrogens with zero attached hydrogens (tertiary/aromatic N) is 1. The summed E-state index contributed by atoms with van der Waals surface area (Å²) in [4.78, 5) is 87.6. The highest BCUT2D eigenvalue weighted by Gasteiger charge is 2.53. The second kappa shape index (κ2) is 32.3. The van der Waals surface area contributed by atoms with Gasteiger partial charge in [-0.05, 0) is 107 Å². The van der Waals surface area contributed by atoms with Crippen LogP contribution in [0.4, 0.5) is 4.79 Å². The fraction of sp³-hybridized carbons (Fsp3) is 0.767. The topological polar surface area (TPSA) is 310 Å². The molecule has 464 valence electrons. The molecule has 4 heterocycles. The van der Waals surface area contributed by atoms with Gasteiger partial charge in [-0.2, -0.15) is 0 Å². The van der Waals surface area contributed by atoms with E-state index >= 15 is 0 Å². The molecule has 0 spiro atoms. The first-order valence-electron chi connectivity index (χ1n) is 29.1. The molecule has 0 aromatic heterocycles. The van der Waals surface area contributed by atoms with E-state index in [0.29, 0.717) is 57.8 Å². The van der Waals surface area contributed by atoms with Gasteiger partial charge in [-0.3, -0.25) is 19.2 Å². The van der Waals surface area contributed by atoms with E-state index in [0.717, 1.165) is 10.5 Å². The molecule has 2 bridgehead atoms. The normalized spacial score (nSPS) is 40.0. The van der Waals surface area contributed by atoms with Crippen molar-refractivity contribution in [1.29, 1.82) is 0 Å². The van der Waals surface area contributed by atoms with E-state index in [1.807, 2.05) is 51.2 Å². The first-order valence-corrected chi connectivity index (χ1v) is 29.1. The second-order valence-corrected chi connectivity index (χ2v) is 23.3. The standard InChI is InChI=1S/C60H93NO21/c1-33-16-12-11-13-17-34(2)45(74-8)30-41-21-19-39(7)60(73,82-41)55(69)56(70)61-23-15-14-18-42(61)57(71)78-46(36(4)28-40-20-22-44(77-25-24-62)47(29-40)75-9)31-43(64)35(3)27-38(6)53(54(76-10)49(65)37(5)26-33)80-59(72)81-58-52(68)51(67)50(66)48(32-63)79-58/h11-13,16-17,27,33,35-37,39-42,44-48,50-54,58,62-63,66-68,73H,14-15,18-26,28-32H2,1-10H3/b13-11+,16-12-,34-17+,38-27+/t33-,35-,36-,37-,39-,40?,41+,42?,44-,45+,46+,47-,48+,50+,51+,52+,53-,54+,58?,60-/m1/s1. The maximum absolute atomic E-state index is 14.7. The van der Waals surface area contributed by atoms with E-state index in [1.54, 1.807) is 35.0 Å². The quantitative estimate of drug-likeness (QED) is 0.0908. The molecule has 4 aliphatic heterocycles. The number of rotatable bonds is 12. The summed E-state index contributed by atoms with van der Waals surface area (Å²) in [5, 5.41) is 62.7. The van der Waals surface area contributed by atoms with Crippen LogP contribution in [-0.4, -0.2) is 204 Å². The molecule has 3 unspecified atom stereocenters. The summed E-state index contributed by atoms with van der Waals surface area (Å²) >= 11 is 0. The van der Waals surface area contributed by atoms with Crippen LogP contribution in [0.3, 0.4) is 0 Å². The number of carbonyl (C=O) groups is 6. The van der Waals surface area contributed by atoms with Crippen LogP contribution in [0.2, 0.25) is 0 Å². The molecule has 0 aromatic rings. The molecule has 1 saturated carbocycles.